The molecule has 2 atom stereocenters. The van der Waals surface area contributed by atoms with Gasteiger partial charge in [0.25, 0.3) is 0 Å². The first-order valence-corrected chi connectivity index (χ1v) is 6.43. The number of epoxide rings is 1. The van der Waals surface area contributed by atoms with E-state index in [4.69, 9.17) is 9.47 Å². The van der Waals surface area contributed by atoms with E-state index in [1.165, 1.54) is 0 Å². The summed E-state index contributed by atoms with van der Waals surface area (Å²) in [6.45, 7) is 1.92. The monoisotopic (exact) mass is 247 g/mol. The van der Waals surface area contributed by atoms with Crippen molar-refractivity contribution < 1.29 is 14.3 Å². The highest BCUT2D eigenvalue weighted by molar-refractivity contribution is 5.68. The van der Waals surface area contributed by atoms with E-state index in [1.807, 2.05) is 35.2 Å². The third-order valence-electron chi connectivity index (χ3n) is 3.53. The van der Waals surface area contributed by atoms with Gasteiger partial charge in [0.2, 0.25) is 0 Å². The minimum atomic E-state index is -0.211. The van der Waals surface area contributed by atoms with Gasteiger partial charge in [-0.05, 0) is 18.4 Å². The molecule has 2 saturated heterocycles. The molecule has 18 heavy (non-hydrogen) atoms. The van der Waals surface area contributed by atoms with E-state index in [9.17, 15) is 4.79 Å². The summed E-state index contributed by atoms with van der Waals surface area (Å²) in [4.78, 5) is 13.8. The molecule has 2 heterocycles. The minimum absolute atomic E-state index is 0.211. The third-order valence-corrected chi connectivity index (χ3v) is 3.53. The summed E-state index contributed by atoms with van der Waals surface area (Å²) in [6, 6.07) is 9.98. The average molecular weight is 247 g/mol. The molecule has 2 fully saturated rings. The van der Waals surface area contributed by atoms with Gasteiger partial charge in [0.1, 0.15) is 12.7 Å². The van der Waals surface area contributed by atoms with Crippen LogP contribution in [-0.4, -0.2) is 36.3 Å². The van der Waals surface area contributed by atoms with Gasteiger partial charge >= 0.3 is 6.09 Å². The molecule has 0 radical (unpaired) electrons. The summed E-state index contributed by atoms with van der Waals surface area (Å²) in [7, 11) is 0. The van der Waals surface area contributed by atoms with Gasteiger partial charge < -0.3 is 14.4 Å². The maximum absolute atomic E-state index is 12.0. The predicted molar refractivity (Wildman–Crippen MR) is 66.1 cm³/mol. The molecule has 0 aromatic heterocycles. The minimum Gasteiger partial charge on any atom is -0.445 e. The van der Waals surface area contributed by atoms with Crippen LogP contribution in [-0.2, 0) is 16.1 Å². The van der Waals surface area contributed by atoms with E-state index in [0.29, 0.717) is 6.61 Å². The molecule has 0 aliphatic carbocycles. The SMILES string of the molecule is O=C(OCc1ccccc1)N1CCC[C@@H]1[C@H]1CO1. The Morgan fingerprint density at radius 3 is 2.89 bits per heavy atom. The van der Waals surface area contributed by atoms with Gasteiger partial charge in [0.15, 0.2) is 0 Å². The number of amides is 1. The molecule has 2 aliphatic rings. The number of likely N-dealkylation sites (tertiary alicyclic amines) is 1. The van der Waals surface area contributed by atoms with Crippen molar-refractivity contribution in [1.82, 2.24) is 4.90 Å². The van der Waals surface area contributed by atoms with Crippen molar-refractivity contribution in [2.24, 2.45) is 0 Å². The van der Waals surface area contributed by atoms with Crippen LogP contribution in [0.2, 0.25) is 0 Å². The van der Waals surface area contributed by atoms with Crippen LogP contribution in [0.25, 0.3) is 0 Å². The Hall–Kier alpha value is -1.55. The summed E-state index contributed by atoms with van der Waals surface area (Å²) in [5, 5.41) is 0. The van der Waals surface area contributed by atoms with Gasteiger partial charge in [0, 0.05) is 6.54 Å². The Kier molecular flexibility index (Phi) is 3.19. The Bertz CT molecular complexity index is 416. The highest BCUT2D eigenvalue weighted by Gasteiger charge is 2.42. The van der Waals surface area contributed by atoms with Gasteiger partial charge in [-0.25, -0.2) is 4.79 Å². The molecule has 1 amide bonds. The van der Waals surface area contributed by atoms with Crippen LogP contribution >= 0.6 is 0 Å². The second-order valence-corrected chi connectivity index (χ2v) is 4.81. The van der Waals surface area contributed by atoms with Crippen LogP contribution in [0, 0.1) is 0 Å². The molecule has 0 N–H and O–H groups in total. The van der Waals surface area contributed by atoms with Crippen molar-refractivity contribution in [3.63, 3.8) is 0 Å². The number of ether oxygens (including phenoxy) is 2. The van der Waals surface area contributed by atoms with E-state index in [-0.39, 0.29) is 18.2 Å². The number of hydrogen-bond acceptors (Lipinski definition) is 3. The first-order valence-electron chi connectivity index (χ1n) is 6.43. The van der Waals surface area contributed by atoms with Crippen LogP contribution in [0.4, 0.5) is 4.79 Å². The molecule has 0 unspecified atom stereocenters. The maximum Gasteiger partial charge on any atom is 0.410 e. The van der Waals surface area contributed by atoms with Crippen molar-refractivity contribution >= 4 is 6.09 Å². The van der Waals surface area contributed by atoms with Gasteiger partial charge in [-0.15, -0.1) is 0 Å². The molecule has 3 rings (SSSR count). The maximum atomic E-state index is 12.0. The zero-order valence-electron chi connectivity index (χ0n) is 10.2. The van der Waals surface area contributed by atoms with E-state index in [0.717, 1.165) is 31.6 Å². The fraction of sp³-hybridized carbons (Fsp3) is 0.500. The summed E-state index contributed by atoms with van der Waals surface area (Å²) in [6.07, 6.45) is 2.12. The summed E-state index contributed by atoms with van der Waals surface area (Å²) in [5.41, 5.74) is 1.02. The molecule has 1 aromatic rings. The van der Waals surface area contributed by atoms with Crippen molar-refractivity contribution in [3.05, 3.63) is 35.9 Å². The molecule has 4 nitrogen and oxygen atoms in total. The first-order chi connectivity index (χ1) is 8.84. The van der Waals surface area contributed by atoms with Crippen LogP contribution in [0.1, 0.15) is 18.4 Å². The highest BCUT2D eigenvalue weighted by Crippen LogP contribution is 2.28. The number of carbonyl (C=O) groups excluding carboxylic acids is 1. The summed E-state index contributed by atoms with van der Waals surface area (Å²) in [5.74, 6) is 0. The molecule has 2 aliphatic heterocycles. The molecular formula is C14H17NO3. The van der Waals surface area contributed by atoms with Gasteiger partial charge in [-0.3, -0.25) is 0 Å². The van der Waals surface area contributed by atoms with Gasteiger partial charge in [-0.1, -0.05) is 30.3 Å². The van der Waals surface area contributed by atoms with Crippen LogP contribution < -0.4 is 0 Å². The number of carbonyl (C=O) groups is 1. The Balaban J connectivity index is 1.54. The van der Waals surface area contributed by atoms with E-state index in [2.05, 4.69) is 0 Å². The van der Waals surface area contributed by atoms with Crippen LogP contribution in [0.3, 0.4) is 0 Å². The molecule has 4 heteroatoms. The summed E-state index contributed by atoms with van der Waals surface area (Å²) < 4.78 is 10.6. The number of hydrogen-bond donors (Lipinski definition) is 0. The highest BCUT2D eigenvalue weighted by atomic mass is 16.6. The molecule has 0 bridgehead atoms. The van der Waals surface area contributed by atoms with E-state index < -0.39 is 0 Å². The van der Waals surface area contributed by atoms with Crippen LogP contribution in [0.5, 0.6) is 0 Å². The zero-order chi connectivity index (χ0) is 12.4. The molecule has 96 valence electrons. The molecule has 0 spiro atoms. The normalized spacial score (nSPS) is 26.1. The quantitative estimate of drug-likeness (QED) is 0.769. The smallest absolute Gasteiger partial charge is 0.410 e. The molecular weight excluding hydrogens is 230 g/mol. The first kappa shape index (κ1) is 11.5. The Morgan fingerprint density at radius 2 is 2.17 bits per heavy atom. The van der Waals surface area contributed by atoms with Gasteiger partial charge in [0.05, 0.1) is 12.6 Å². The fourth-order valence-corrected chi connectivity index (χ4v) is 2.49. The van der Waals surface area contributed by atoms with E-state index >= 15 is 0 Å². The lowest BCUT2D eigenvalue weighted by Crippen LogP contribution is -2.39. The number of nitrogens with zero attached hydrogens (tertiary/aromatic N) is 1. The number of rotatable bonds is 3. The topological polar surface area (TPSA) is 42.1 Å². The average Bonchev–Trinajstić information content (AvgIpc) is 3.14. The standard InChI is InChI=1S/C14H17NO3/c16-14(18-9-11-5-2-1-3-6-11)15-8-4-7-12(15)13-10-17-13/h1-3,5-6,12-13H,4,7-10H2/t12-,13-/m1/s1. The second kappa shape index (κ2) is 4.98. The summed E-state index contributed by atoms with van der Waals surface area (Å²) >= 11 is 0. The van der Waals surface area contributed by atoms with Gasteiger partial charge in [-0.2, -0.15) is 0 Å². The largest absolute Gasteiger partial charge is 0.445 e. The number of benzene rings is 1. The van der Waals surface area contributed by atoms with Crippen molar-refractivity contribution in [2.45, 2.75) is 31.6 Å². The third kappa shape index (κ3) is 2.48. The van der Waals surface area contributed by atoms with Crippen molar-refractivity contribution in [3.8, 4) is 0 Å². The lowest BCUT2D eigenvalue weighted by atomic mass is 10.2. The second-order valence-electron chi connectivity index (χ2n) is 4.81. The predicted octanol–water partition coefficient (Wildman–Crippen LogP) is 2.19. The van der Waals surface area contributed by atoms with Crippen molar-refractivity contribution in [2.75, 3.05) is 13.2 Å². The lowest BCUT2D eigenvalue weighted by Gasteiger charge is -2.22. The molecule has 0 saturated carbocycles. The Morgan fingerprint density at radius 1 is 1.39 bits per heavy atom. The zero-order valence-corrected chi connectivity index (χ0v) is 10.2. The van der Waals surface area contributed by atoms with E-state index in [1.54, 1.807) is 0 Å². The Labute approximate surface area is 106 Å². The lowest BCUT2D eigenvalue weighted by molar-refractivity contribution is 0.0871. The molecule has 1 aromatic carbocycles. The van der Waals surface area contributed by atoms with Crippen LogP contribution in [0.15, 0.2) is 30.3 Å². The van der Waals surface area contributed by atoms with Crippen molar-refractivity contribution in [1.29, 1.82) is 0 Å². The fourth-order valence-electron chi connectivity index (χ4n) is 2.49.